The van der Waals surface area contributed by atoms with Crippen molar-refractivity contribution in [2.45, 2.75) is 77.2 Å². The molecule has 0 aliphatic rings. The van der Waals surface area contributed by atoms with Crippen molar-refractivity contribution >= 4 is 52.5 Å². The summed E-state index contributed by atoms with van der Waals surface area (Å²) in [6.45, 7) is 2.29. The zero-order valence-corrected chi connectivity index (χ0v) is 22.4. The van der Waals surface area contributed by atoms with Gasteiger partial charge in [-0.1, -0.05) is 71.1 Å². The van der Waals surface area contributed by atoms with E-state index in [9.17, 15) is 4.80 Å². The standard InChI is InChI=1S/C12H38OSi6/c1-2-3-4-5-6-7-8-9-10-11-12-19(13)18-17-16-15-14/h13,19H,2-12,15-18H2,1,14H3. The van der Waals surface area contributed by atoms with E-state index in [0.717, 1.165) is 0 Å². The van der Waals surface area contributed by atoms with E-state index in [1.54, 1.807) is 9.76 Å². The molecule has 0 aromatic rings. The third-order valence-electron chi connectivity index (χ3n) is 4.03. The van der Waals surface area contributed by atoms with E-state index in [1.807, 2.05) is 0 Å². The smallest absolute Gasteiger partial charge is 0.150 e. The number of rotatable bonds is 15. The summed E-state index contributed by atoms with van der Waals surface area (Å²) < 4.78 is 0. The second-order valence-electron chi connectivity index (χ2n) is 6.12. The van der Waals surface area contributed by atoms with Crippen LogP contribution in [0.15, 0.2) is 0 Å². The largest absolute Gasteiger partial charge is 0.439 e. The Morgan fingerprint density at radius 1 is 0.842 bits per heavy atom. The molecule has 0 aromatic heterocycles. The summed E-state index contributed by atoms with van der Waals surface area (Å²) in [5.74, 6) is 0. The minimum atomic E-state index is -1.04. The van der Waals surface area contributed by atoms with E-state index < -0.39 is 8.56 Å². The first-order valence-corrected chi connectivity index (χ1v) is 31.2. The zero-order valence-electron chi connectivity index (χ0n) is 13.6. The van der Waals surface area contributed by atoms with Crippen molar-refractivity contribution in [1.82, 2.24) is 0 Å². The van der Waals surface area contributed by atoms with Gasteiger partial charge in [-0.25, -0.2) is 0 Å². The zero-order chi connectivity index (χ0) is 14.2. The number of hydrogen-bond acceptors (Lipinski definition) is 1. The second kappa shape index (κ2) is 17.3. The van der Waals surface area contributed by atoms with Crippen LogP contribution in [-0.4, -0.2) is 57.3 Å². The van der Waals surface area contributed by atoms with Gasteiger partial charge in [-0.05, 0) is 41.5 Å². The van der Waals surface area contributed by atoms with Crippen molar-refractivity contribution in [1.29, 1.82) is 0 Å². The van der Waals surface area contributed by atoms with E-state index in [2.05, 4.69) is 6.92 Å². The lowest BCUT2D eigenvalue weighted by atomic mass is 10.1. The van der Waals surface area contributed by atoms with Gasteiger partial charge >= 0.3 is 0 Å². The molecule has 0 aliphatic carbocycles. The average Bonchev–Trinajstić information content (AvgIpc) is 2.41. The summed E-state index contributed by atoms with van der Waals surface area (Å²) in [6, 6.07) is 1.31. The Hall–Kier alpha value is 1.26. The van der Waals surface area contributed by atoms with Crippen LogP contribution in [0.25, 0.3) is 0 Å². The van der Waals surface area contributed by atoms with Crippen LogP contribution in [0.5, 0.6) is 0 Å². The Balaban J connectivity index is 3.05. The molecule has 0 spiro atoms. The molecule has 116 valence electrons. The van der Waals surface area contributed by atoms with Gasteiger partial charge < -0.3 is 4.80 Å². The van der Waals surface area contributed by atoms with Crippen LogP contribution < -0.4 is 0 Å². The highest BCUT2D eigenvalue weighted by Crippen LogP contribution is 2.11. The molecule has 0 rings (SSSR count). The van der Waals surface area contributed by atoms with E-state index in [1.165, 1.54) is 70.3 Å². The van der Waals surface area contributed by atoms with Gasteiger partial charge in [0.15, 0.2) is 0 Å². The van der Waals surface area contributed by atoms with Gasteiger partial charge in [0.25, 0.3) is 0 Å². The summed E-state index contributed by atoms with van der Waals surface area (Å²) in [4.78, 5) is 10.1. The molecule has 0 saturated heterocycles. The SMILES string of the molecule is CCCCCCCCCCCC[SiH](O)[SiH2][SiH2][SiH2][SiH2][SiH3]. The molecule has 0 amide bonds. The quantitative estimate of drug-likeness (QED) is 0.286. The first kappa shape index (κ1) is 20.3. The Kier molecular flexibility index (Phi) is 18.5. The summed E-state index contributed by atoms with van der Waals surface area (Å²) in [6.07, 6.45) is 14.3. The van der Waals surface area contributed by atoms with Gasteiger partial charge in [0.1, 0.15) is 8.56 Å². The van der Waals surface area contributed by atoms with Gasteiger partial charge in [-0.3, -0.25) is 0 Å². The third kappa shape index (κ3) is 17.2. The molecule has 0 bridgehead atoms. The molecule has 0 heterocycles. The molecule has 0 aromatic carbocycles. The third-order valence-corrected chi connectivity index (χ3v) is 79.6. The predicted octanol–water partition coefficient (Wildman–Crippen LogP) is -1.18. The lowest BCUT2D eigenvalue weighted by Gasteiger charge is -2.07. The molecule has 0 aliphatic heterocycles. The van der Waals surface area contributed by atoms with Gasteiger partial charge in [-0.2, -0.15) is 0 Å². The minimum absolute atomic E-state index is 0.221. The van der Waals surface area contributed by atoms with Gasteiger partial charge in [0.2, 0.25) is 0 Å². The van der Waals surface area contributed by atoms with Crippen LogP contribution in [0.4, 0.5) is 0 Å². The summed E-state index contributed by atoms with van der Waals surface area (Å²) in [5, 5.41) is 0. The molecule has 1 atom stereocenters. The monoisotopic (exact) mass is 366 g/mol. The highest BCUT2D eigenvalue weighted by Gasteiger charge is 2.06. The summed E-state index contributed by atoms with van der Waals surface area (Å²) in [5.41, 5.74) is 0. The van der Waals surface area contributed by atoms with Gasteiger partial charge in [-0.15, -0.1) is 0 Å². The molecule has 1 unspecified atom stereocenters. The van der Waals surface area contributed by atoms with Crippen molar-refractivity contribution < 1.29 is 4.80 Å². The fourth-order valence-corrected chi connectivity index (χ4v) is 122. The maximum absolute atomic E-state index is 10.1. The van der Waals surface area contributed by atoms with Crippen LogP contribution in [0, 0.1) is 0 Å². The molecule has 7 heteroatoms. The molecule has 19 heavy (non-hydrogen) atoms. The molecular weight excluding hydrogens is 329 g/mol. The Bertz CT molecular complexity index is 172. The second-order valence-corrected chi connectivity index (χ2v) is 49.7. The normalized spacial score (nSPS) is 15.5. The van der Waals surface area contributed by atoms with Crippen molar-refractivity contribution in [3.63, 3.8) is 0 Å². The van der Waals surface area contributed by atoms with Crippen molar-refractivity contribution in [3.05, 3.63) is 0 Å². The first-order valence-electron chi connectivity index (χ1n) is 8.99. The van der Waals surface area contributed by atoms with Crippen LogP contribution in [0.1, 0.15) is 71.1 Å². The van der Waals surface area contributed by atoms with Gasteiger partial charge in [0, 0.05) is 8.55 Å². The number of unbranched alkanes of at least 4 members (excludes halogenated alkanes) is 9. The molecule has 0 radical (unpaired) electrons. The molecule has 1 N–H and O–H groups in total. The van der Waals surface area contributed by atoms with E-state index in [-0.39, 0.29) is 8.55 Å². The average molecular weight is 367 g/mol. The Labute approximate surface area is 134 Å². The fraction of sp³-hybridized carbons (Fsp3) is 1.00. The molecule has 1 nitrogen and oxygen atoms in total. The van der Waals surface area contributed by atoms with Crippen molar-refractivity contribution in [2.75, 3.05) is 0 Å². The minimum Gasteiger partial charge on any atom is -0.439 e. The van der Waals surface area contributed by atoms with Crippen LogP contribution in [0.2, 0.25) is 6.04 Å². The molecule has 0 saturated carbocycles. The summed E-state index contributed by atoms with van der Waals surface area (Å²) in [7, 11) is 2.49. The van der Waals surface area contributed by atoms with Gasteiger partial charge in [0.05, 0.1) is 0 Å². The summed E-state index contributed by atoms with van der Waals surface area (Å²) >= 11 is 0. The predicted molar refractivity (Wildman–Crippen MR) is 110 cm³/mol. The van der Waals surface area contributed by atoms with Crippen LogP contribution in [-0.2, 0) is 0 Å². The van der Waals surface area contributed by atoms with E-state index in [0.29, 0.717) is 25.7 Å². The lowest BCUT2D eigenvalue weighted by molar-refractivity contribution is 0.553. The topological polar surface area (TPSA) is 20.2 Å². The molecular formula is C12H38OSi6. The first-order chi connectivity index (χ1) is 9.31. The van der Waals surface area contributed by atoms with E-state index >= 15 is 0 Å². The fourth-order valence-electron chi connectivity index (χ4n) is 2.64. The maximum atomic E-state index is 10.1. The highest BCUT2D eigenvalue weighted by atomic mass is 29.9. The number of hydrogen-bond donors (Lipinski definition) is 1. The van der Waals surface area contributed by atoms with Crippen LogP contribution in [0.3, 0.4) is 0 Å². The Morgan fingerprint density at radius 3 is 1.89 bits per heavy atom. The molecule has 0 fully saturated rings. The highest BCUT2D eigenvalue weighted by molar-refractivity contribution is 7.59. The maximum Gasteiger partial charge on any atom is 0.150 e. The van der Waals surface area contributed by atoms with E-state index in [4.69, 9.17) is 0 Å². The van der Waals surface area contributed by atoms with Crippen molar-refractivity contribution in [2.24, 2.45) is 0 Å². The Morgan fingerprint density at radius 2 is 1.37 bits per heavy atom. The lowest BCUT2D eigenvalue weighted by Crippen LogP contribution is -2.32. The van der Waals surface area contributed by atoms with Crippen molar-refractivity contribution in [3.8, 4) is 0 Å². The van der Waals surface area contributed by atoms with Crippen LogP contribution >= 0.6 is 0 Å².